The van der Waals surface area contributed by atoms with Crippen molar-refractivity contribution < 1.29 is 23.1 Å². The highest BCUT2D eigenvalue weighted by atomic mass is 19.4. The molecule has 134 valence electrons. The molecule has 0 spiro atoms. The van der Waals surface area contributed by atoms with E-state index >= 15 is 0 Å². The average Bonchev–Trinajstić information content (AvgIpc) is 3.02. The van der Waals surface area contributed by atoms with Gasteiger partial charge in [-0.05, 0) is 29.3 Å². The van der Waals surface area contributed by atoms with Gasteiger partial charge in [0.05, 0.1) is 11.1 Å². The van der Waals surface area contributed by atoms with E-state index in [0.29, 0.717) is 12.4 Å². The lowest BCUT2D eigenvalue weighted by atomic mass is 10.0. The largest absolute Gasteiger partial charge is 0.478 e. The van der Waals surface area contributed by atoms with Crippen LogP contribution < -0.4 is 0 Å². The maximum Gasteiger partial charge on any atom is 0.416 e. The Morgan fingerprint density at radius 2 is 1.77 bits per heavy atom. The Bertz CT molecular complexity index is 915. The van der Waals surface area contributed by atoms with Gasteiger partial charge in [-0.3, -0.25) is 0 Å². The molecule has 0 bridgehead atoms. The van der Waals surface area contributed by atoms with E-state index in [1.807, 2.05) is 0 Å². The van der Waals surface area contributed by atoms with E-state index in [1.165, 1.54) is 30.5 Å². The van der Waals surface area contributed by atoms with Crippen molar-refractivity contribution >= 4 is 5.97 Å². The summed E-state index contributed by atoms with van der Waals surface area (Å²) in [6.07, 6.45) is -1.13. The van der Waals surface area contributed by atoms with E-state index < -0.39 is 17.7 Å². The summed E-state index contributed by atoms with van der Waals surface area (Å²) in [5, 5.41) is 8.93. The molecule has 0 aliphatic carbocycles. The number of rotatable bonds is 5. The summed E-state index contributed by atoms with van der Waals surface area (Å²) in [6, 6.07) is 11.8. The van der Waals surface area contributed by atoms with Crippen LogP contribution in [0.15, 0.2) is 60.9 Å². The second-order valence-corrected chi connectivity index (χ2v) is 5.81. The molecule has 4 nitrogen and oxygen atoms in total. The first kappa shape index (κ1) is 17.7. The monoisotopic (exact) mass is 360 g/mol. The number of halogens is 3. The summed E-state index contributed by atoms with van der Waals surface area (Å²) in [5.41, 5.74) is 0.506. The molecular formula is C19H15F3N2O2. The molecule has 0 aliphatic rings. The zero-order valence-corrected chi connectivity index (χ0v) is 13.6. The normalized spacial score (nSPS) is 11.5. The minimum absolute atomic E-state index is 0.0515. The molecule has 2 aromatic carbocycles. The number of carboxylic acids is 1. The number of hydrogen-bond acceptors (Lipinski definition) is 2. The van der Waals surface area contributed by atoms with Crippen LogP contribution in [0.4, 0.5) is 13.2 Å². The van der Waals surface area contributed by atoms with Crippen LogP contribution in [0.25, 0.3) is 0 Å². The first-order chi connectivity index (χ1) is 12.3. The smallest absolute Gasteiger partial charge is 0.416 e. The summed E-state index contributed by atoms with van der Waals surface area (Å²) in [7, 11) is 0. The van der Waals surface area contributed by atoms with Crippen molar-refractivity contribution in [1.29, 1.82) is 0 Å². The van der Waals surface area contributed by atoms with Crippen molar-refractivity contribution in [2.45, 2.75) is 19.1 Å². The highest BCUT2D eigenvalue weighted by Gasteiger charge is 2.33. The quantitative estimate of drug-likeness (QED) is 0.740. The molecule has 1 aromatic heterocycles. The Labute approximate surface area is 147 Å². The van der Waals surface area contributed by atoms with Crippen molar-refractivity contribution in [3.05, 3.63) is 89.0 Å². The van der Waals surface area contributed by atoms with Crippen molar-refractivity contribution in [2.24, 2.45) is 0 Å². The van der Waals surface area contributed by atoms with Gasteiger partial charge in [0.1, 0.15) is 5.82 Å². The van der Waals surface area contributed by atoms with Crippen molar-refractivity contribution in [2.75, 3.05) is 0 Å². The van der Waals surface area contributed by atoms with Crippen LogP contribution in [-0.2, 0) is 19.1 Å². The Morgan fingerprint density at radius 1 is 1.08 bits per heavy atom. The van der Waals surface area contributed by atoms with Gasteiger partial charge < -0.3 is 9.67 Å². The van der Waals surface area contributed by atoms with Crippen LogP contribution in [0.3, 0.4) is 0 Å². The highest BCUT2D eigenvalue weighted by Crippen LogP contribution is 2.32. The number of nitrogens with zero attached hydrogens (tertiary/aromatic N) is 2. The highest BCUT2D eigenvalue weighted by molar-refractivity contribution is 5.87. The standard InChI is InChI=1S/C19H15F3N2O2/c20-19(21,22)16-4-2-1-3-15(16)11-17-23-9-10-24(17)12-13-5-7-14(8-6-13)18(25)26/h1-10H,11-12H2,(H,25,26). The number of benzene rings is 2. The Kier molecular flexibility index (Phi) is 4.79. The van der Waals surface area contributed by atoms with Crippen molar-refractivity contribution in [1.82, 2.24) is 9.55 Å². The summed E-state index contributed by atoms with van der Waals surface area (Å²) >= 11 is 0. The van der Waals surface area contributed by atoms with Crippen LogP contribution in [0.1, 0.15) is 32.9 Å². The van der Waals surface area contributed by atoms with Gasteiger partial charge in [0.25, 0.3) is 0 Å². The molecule has 0 aliphatic heterocycles. The lowest BCUT2D eigenvalue weighted by Gasteiger charge is -2.13. The van der Waals surface area contributed by atoms with Crippen LogP contribution >= 0.6 is 0 Å². The van der Waals surface area contributed by atoms with E-state index in [-0.39, 0.29) is 17.5 Å². The molecule has 26 heavy (non-hydrogen) atoms. The number of hydrogen-bond donors (Lipinski definition) is 1. The molecule has 1 heterocycles. The van der Waals surface area contributed by atoms with Crippen LogP contribution in [0.5, 0.6) is 0 Å². The van der Waals surface area contributed by atoms with E-state index in [4.69, 9.17) is 5.11 Å². The summed E-state index contributed by atoms with van der Waals surface area (Å²) in [6.45, 7) is 0.392. The Morgan fingerprint density at radius 3 is 2.42 bits per heavy atom. The molecule has 0 radical (unpaired) electrons. The lowest BCUT2D eigenvalue weighted by Crippen LogP contribution is -2.11. The van der Waals surface area contributed by atoms with E-state index in [9.17, 15) is 18.0 Å². The number of carboxylic acid groups (broad SMARTS) is 1. The zero-order chi connectivity index (χ0) is 18.7. The first-order valence-electron chi connectivity index (χ1n) is 7.82. The zero-order valence-electron chi connectivity index (χ0n) is 13.6. The second-order valence-electron chi connectivity index (χ2n) is 5.81. The predicted molar refractivity (Wildman–Crippen MR) is 89.0 cm³/mol. The molecule has 7 heteroatoms. The Balaban J connectivity index is 1.83. The number of alkyl halides is 3. The van der Waals surface area contributed by atoms with Crippen LogP contribution in [0, 0.1) is 0 Å². The molecule has 0 fully saturated rings. The minimum Gasteiger partial charge on any atom is -0.478 e. The summed E-state index contributed by atoms with van der Waals surface area (Å²) in [5.74, 6) is -0.507. The molecule has 0 amide bonds. The number of aromatic carboxylic acids is 1. The van der Waals surface area contributed by atoms with Gasteiger partial charge in [0, 0.05) is 25.4 Å². The fraction of sp³-hybridized carbons (Fsp3) is 0.158. The fourth-order valence-corrected chi connectivity index (χ4v) is 2.72. The average molecular weight is 360 g/mol. The molecule has 0 unspecified atom stereocenters. The third kappa shape index (κ3) is 3.93. The van der Waals surface area contributed by atoms with Gasteiger partial charge in [0.15, 0.2) is 0 Å². The summed E-state index contributed by atoms with van der Waals surface area (Å²) in [4.78, 5) is 15.1. The van der Waals surface area contributed by atoms with E-state index in [2.05, 4.69) is 4.98 Å². The van der Waals surface area contributed by atoms with Crippen molar-refractivity contribution in [3.63, 3.8) is 0 Å². The molecular weight excluding hydrogens is 345 g/mol. The van der Waals surface area contributed by atoms with Gasteiger partial charge in [-0.15, -0.1) is 0 Å². The first-order valence-corrected chi connectivity index (χ1v) is 7.82. The maximum atomic E-state index is 13.2. The van der Waals surface area contributed by atoms with Gasteiger partial charge in [-0.25, -0.2) is 9.78 Å². The van der Waals surface area contributed by atoms with Crippen LogP contribution in [-0.4, -0.2) is 20.6 Å². The topological polar surface area (TPSA) is 55.1 Å². The SMILES string of the molecule is O=C(O)c1ccc(Cn2ccnc2Cc2ccccc2C(F)(F)F)cc1. The third-order valence-corrected chi connectivity index (χ3v) is 4.03. The molecule has 1 N–H and O–H groups in total. The van der Waals surface area contributed by atoms with Crippen molar-refractivity contribution in [3.8, 4) is 0 Å². The molecule has 3 rings (SSSR count). The van der Waals surface area contributed by atoms with E-state index in [1.54, 1.807) is 29.0 Å². The predicted octanol–water partition coefficient (Wildman–Crippen LogP) is 4.24. The van der Waals surface area contributed by atoms with Gasteiger partial charge in [0.2, 0.25) is 0 Å². The third-order valence-electron chi connectivity index (χ3n) is 4.03. The molecule has 3 aromatic rings. The maximum absolute atomic E-state index is 13.2. The molecule has 0 atom stereocenters. The second kappa shape index (κ2) is 7.03. The molecule has 0 saturated heterocycles. The Hall–Kier alpha value is -3.09. The number of carbonyl (C=O) groups is 1. The van der Waals surface area contributed by atoms with E-state index in [0.717, 1.165) is 11.6 Å². The molecule has 0 saturated carbocycles. The van der Waals surface area contributed by atoms with Gasteiger partial charge >= 0.3 is 12.1 Å². The van der Waals surface area contributed by atoms with Gasteiger partial charge in [-0.1, -0.05) is 30.3 Å². The number of aromatic nitrogens is 2. The summed E-state index contributed by atoms with van der Waals surface area (Å²) < 4.78 is 41.2. The number of imidazole rings is 1. The fourth-order valence-electron chi connectivity index (χ4n) is 2.72. The van der Waals surface area contributed by atoms with Crippen LogP contribution in [0.2, 0.25) is 0 Å². The minimum atomic E-state index is -4.42. The van der Waals surface area contributed by atoms with Gasteiger partial charge in [-0.2, -0.15) is 13.2 Å². The lowest BCUT2D eigenvalue weighted by molar-refractivity contribution is -0.138.